The molecule has 0 bridgehead atoms. The molecule has 0 radical (unpaired) electrons. The predicted octanol–water partition coefficient (Wildman–Crippen LogP) is 2.48. The number of carbonyl (C=O) groups is 2. The first-order valence-electron chi connectivity index (χ1n) is 6.20. The van der Waals surface area contributed by atoms with Gasteiger partial charge in [-0.05, 0) is 25.0 Å². The number of aliphatic carboxylic acids is 1. The molecule has 1 aliphatic carbocycles. The molecule has 5 nitrogen and oxygen atoms in total. The second kappa shape index (κ2) is 5.44. The van der Waals surface area contributed by atoms with E-state index in [1.54, 1.807) is 0 Å². The van der Waals surface area contributed by atoms with Crippen molar-refractivity contribution in [3.8, 4) is 0 Å². The second-order valence-electron chi connectivity index (χ2n) is 4.80. The SMILES string of the molecule is O=C(Nc1ccc(F)cc1F)NC1(C(=O)O)CCCC1. The minimum atomic E-state index is -1.30. The number of amides is 2. The summed E-state index contributed by atoms with van der Waals surface area (Å²) < 4.78 is 26.1. The molecule has 0 atom stereocenters. The van der Waals surface area contributed by atoms with Gasteiger partial charge in [0.15, 0.2) is 0 Å². The molecule has 0 aliphatic heterocycles. The van der Waals surface area contributed by atoms with Crippen molar-refractivity contribution in [2.24, 2.45) is 0 Å². The van der Waals surface area contributed by atoms with E-state index in [1.165, 1.54) is 0 Å². The van der Waals surface area contributed by atoms with Crippen molar-refractivity contribution in [3.05, 3.63) is 29.8 Å². The standard InChI is InChI=1S/C13H14F2N2O3/c14-8-3-4-10(9(15)7-8)16-12(20)17-13(11(18)19)5-1-2-6-13/h3-4,7H,1-2,5-6H2,(H,18,19)(H2,16,17,20). The minimum absolute atomic E-state index is 0.206. The van der Waals surface area contributed by atoms with E-state index >= 15 is 0 Å². The van der Waals surface area contributed by atoms with E-state index in [9.17, 15) is 23.5 Å². The van der Waals surface area contributed by atoms with Crippen LogP contribution in [-0.4, -0.2) is 22.6 Å². The van der Waals surface area contributed by atoms with Crippen molar-refractivity contribution in [1.29, 1.82) is 0 Å². The van der Waals surface area contributed by atoms with Gasteiger partial charge in [0, 0.05) is 6.07 Å². The summed E-state index contributed by atoms with van der Waals surface area (Å²) in [6.07, 6.45) is 2.08. The highest BCUT2D eigenvalue weighted by Gasteiger charge is 2.42. The Morgan fingerprint density at radius 3 is 2.40 bits per heavy atom. The third kappa shape index (κ3) is 2.87. The van der Waals surface area contributed by atoms with Crippen LogP contribution in [0, 0.1) is 11.6 Å². The Hall–Kier alpha value is -2.18. The molecule has 1 saturated carbocycles. The number of nitrogens with one attached hydrogen (secondary N) is 2. The highest BCUT2D eigenvalue weighted by Crippen LogP contribution is 2.30. The molecule has 0 saturated heterocycles. The number of benzene rings is 1. The first-order chi connectivity index (χ1) is 9.43. The molecule has 108 valence electrons. The van der Waals surface area contributed by atoms with Crippen molar-refractivity contribution in [2.75, 3.05) is 5.32 Å². The maximum absolute atomic E-state index is 13.4. The zero-order chi connectivity index (χ0) is 14.8. The molecule has 0 unspecified atom stereocenters. The summed E-state index contributed by atoms with van der Waals surface area (Å²) in [4.78, 5) is 23.0. The van der Waals surface area contributed by atoms with E-state index in [0.29, 0.717) is 31.7 Å². The first-order valence-corrected chi connectivity index (χ1v) is 6.20. The third-order valence-corrected chi connectivity index (χ3v) is 3.40. The molecule has 0 spiro atoms. The zero-order valence-electron chi connectivity index (χ0n) is 10.6. The van der Waals surface area contributed by atoms with Crippen molar-refractivity contribution in [3.63, 3.8) is 0 Å². The van der Waals surface area contributed by atoms with Gasteiger partial charge in [0.2, 0.25) is 0 Å². The highest BCUT2D eigenvalue weighted by molar-refractivity contribution is 5.94. The van der Waals surface area contributed by atoms with E-state index < -0.39 is 29.2 Å². The molecule has 0 heterocycles. The van der Waals surface area contributed by atoms with Crippen LogP contribution in [0.3, 0.4) is 0 Å². The van der Waals surface area contributed by atoms with Crippen LogP contribution < -0.4 is 10.6 Å². The van der Waals surface area contributed by atoms with Gasteiger partial charge in [0.25, 0.3) is 0 Å². The largest absolute Gasteiger partial charge is 0.480 e. The molecule has 7 heteroatoms. The molecule has 0 aromatic heterocycles. The summed E-state index contributed by atoms with van der Waals surface area (Å²) in [5.41, 5.74) is -1.51. The van der Waals surface area contributed by atoms with Crippen LogP contribution in [0.5, 0.6) is 0 Å². The molecular formula is C13H14F2N2O3. The number of hydrogen-bond donors (Lipinski definition) is 3. The summed E-state index contributed by atoms with van der Waals surface area (Å²) >= 11 is 0. The van der Waals surface area contributed by atoms with Crippen LogP contribution in [0.1, 0.15) is 25.7 Å². The average Bonchev–Trinajstić information content (AvgIpc) is 2.82. The van der Waals surface area contributed by atoms with Crippen LogP contribution in [0.2, 0.25) is 0 Å². The number of hydrogen-bond acceptors (Lipinski definition) is 2. The summed E-state index contributed by atoms with van der Waals surface area (Å²) in [7, 11) is 0. The van der Waals surface area contributed by atoms with Crippen molar-refractivity contribution < 1.29 is 23.5 Å². The topological polar surface area (TPSA) is 78.4 Å². The molecule has 1 aromatic rings. The molecular weight excluding hydrogens is 270 g/mol. The van der Waals surface area contributed by atoms with Crippen molar-refractivity contribution >= 4 is 17.7 Å². The maximum atomic E-state index is 13.4. The van der Waals surface area contributed by atoms with Gasteiger partial charge in [0.05, 0.1) is 5.69 Å². The van der Waals surface area contributed by atoms with E-state index in [1.807, 2.05) is 0 Å². The number of anilines is 1. The van der Waals surface area contributed by atoms with Gasteiger partial charge in [-0.1, -0.05) is 12.8 Å². The fraction of sp³-hybridized carbons (Fsp3) is 0.385. The summed E-state index contributed by atoms with van der Waals surface area (Å²) in [5.74, 6) is -2.79. The lowest BCUT2D eigenvalue weighted by molar-refractivity contribution is -0.144. The second-order valence-corrected chi connectivity index (χ2v) is 4.80. The van der Waals surface area contributed by atoms with Gasteiger partial charge in [-0.15, -0.1) is 0 Å². The minimum Gasteiger partial charge on any atom is -0.480 e. The molecule has 1 fully saturated rings. The molecule has 20 heavy (non-hydrogen) atoms. The number of carboxylic acid groups (broad SMARTS) is 1. The van der Waals surface area contributed by atoms with Gasteiger partial charge in [-0.2, -0.15) is 0 Å². The van der Waals surface area contributed by atoms with Crippen molar-refractivity contribution in [1.82, 2.24) is 5.32 Å². The Morgan fingerprint density at radius 1 is 1.20 bits per heavy atom. The Morgan fingerprint density at radius 2 is 1.85 bits per heavy atom. The monoisotopic (exact) mass is 284 g/mol. The van der Waals surface area contributed by atoms with Crippen LogP contribution in [0.25, 0.3) is 0 Å². The molecule has 1 aliphatic rings. The Balaban J connectivity index is 2.07. The number of carboxylic acids is 1. The summed E-state index contributed by atoms with van der Waals surface area (Å²) in [5, 5.41) is 13.8. The third-order valence-electron chi connectivity index (χ3n) is 3.40. The van der Waals surface area contributed by atoms with Gasteiger partial charge in [-0.25, -0.2) is 18.4 Å². The molecule has 2 amide bonds. The van der Waals surface area contributed by atoms with E-state index in [-0.39, 0.29) is 5.69 Å². The van der Waals surface area contributed by atoms with Crippen molar-refractivity contribution in [2.45, 2.75) is 31.2 Å². The van der Waals surface area contributed by atoms with Gasteiger partial charge in [0.1, 0.15) is 17.2 Å². The fourth-order valence-corrected chi connectivity index (χ4v) is 2.33. The summed E-state index contributed by atoms with van der Waals surface area (Å²) in [6, 6.07) is 1.89. The zero-order valence-corrected chi connectivity index (χ0v) is 10.6. The first kappa shape index (κ1) is 14.2. The maximum Gasteiger partial charge on any atom is 0.329 e. The van der Waals surface area contributed by atoms with Gasteiger partial charge >= 0.3 is 12.0 Å². The van der Waals surface area contributed by atoms with Crippen LogP contribution in [0.4, 0.5) is 19.3 Å². The normalized spacial score (nSPS) is 16.7. The van der Waals surface area contributed by atoms with E-state index in [2.05, 4.69) is 10.6 Å². The van der Waals surface area contributed by atoms with Crippen LogP contribution in [-0.2, 0) is 4.79 Å². The van der Waals surface area contributed by atoms with E-state index in [4.69, 9.17) is 0 Å². The Kier molecular flexibility index (Phi) is 3.87. The predicted molar refractivity (Wildman–Crippen MR) is 67.3 cm³/mol. The molecule has 2 rings (SSSR count). The average molecular weight is 284 g/mol. The lowest BCUT2D eigenvalue weighted by Crippen LogP contribution is -2.53. The number of rotatable bonds is 3. The Labute approximate surface area is 114 Å². The number of halogens is 2. The lowest BCUT2D eigenvalue weighted by Gasteiger charge is -2.25. The van der Waals surface area contributed by atoms with Crippen LogP contribution >= 0.6 is 0 Å². The highest BCUT2D eigenvalue weighted by atomic mass is 19.1. The number of carbonyl (C=O) groups excluding carboxylic acids is 1. The smallest absolute Gasteiger partial charge is 0.329 e. The van der Waals surface area contributed by atoms with Crippen LogP contribution in [0.15, 0.2) is 18.2 Å². The fourth-order valence-electron chi connectivity index (χ4n) is 2.33. The lowest BCUT2D eigenvalue weighted by atomic mass is 9.98. The molecule has 1 aromatic carbocycles. The van der Waals surface area contributed by atoms with Gasteiger partial charge in [-0.3, -0.25) is 0 Å². The molecule has 3 N–H and O–H groups in total. The quantitative estimate of drug-likeness (QED) is 0.798. The Bertz CT molecular complexity index is 542. The van der Waals surface area contributed by atoms with Gasteiger partial charge < -0.3 is 15.7 Å². The number of urea groups is 1. The summed E-state index contributed by atoms with van der Waals surface area (Å²) in [6.45, 7) is 0. The van der Waals surface area contributed by atoms with E-state index in [0.717, 1.165) is 12.1 Å².